The second-order valence-corrected chi connectivity index (χ2v) is 6.32. The summed E-state index contributed by atoms with van der Waals surface area (Å²) < 4.78 is 5.01. The summed E-state index contributed by atoms with van der Waals surface area (Å²) in [4.78, 5) is 25.4. The quantitative estimate of drug-likeness (QED) is 0.478. The van der Waals surface area contributed by atoms with Crippen LogP contribution in [-0.2, 0) is 14.3 Å². The lowest BCUT2D eigenvalue weighted by Crippen LogP contribution is -2.30. The summed E-state index contributed by atoms with van der Waals surface area (Å²) in [6.45, 7) is 0.231. The maximum Gasteiger partial charge on any atom is 0.307 e. The third-order valence-corrected chi connectivity index (χ3v) is 4.44. The fraction of sp³-hybridized carbons (Fsp3) is 0.214. The van der Waals surface area contributed by atoms with Gasteiger partial charge >= 0.3 is 5.97 Å². The van der Waals surface area contributed by atoms with Crippen LogP contribution in [0, 0.1) is 0 Å². The molecule has 1 aliphatic rings. The van der Waals surface area contributed by atoms with Gasteiger partial charge in [-0.2, -0.15) is 0 Å². The molecule has 0 aromatic heterocycles. The molecule has 0 bridgehead atoms. The largest absolute Gasteiger partial charge is 0.469 e. The van der Waals surface area contributed by atoms with E-state index in [0.29, 0.717) is 14.2 Å². The Morgan fingerprint density at radius 2 is 2.10 bits per heavy atom. The van der Waals surface area contributed by atoms with Crippen LogP contribution < -0.4 is 0 Å². The lowest BCUT2D eigenvalue weighted by atomic mass is 10.2. The normalized spacial score (nSPS) is 16.7. The zero-order chi connectivity index (χ0) is 15.4. The van der Waals surface area contributed by atoms with Gasteiger partial charge in [-0.05, 0) is 23.8 Å². The number of rotatable bonds is 4. The van der Waals surface area contributed by atoms with Crippen LogP contribution in [0.15, 0.2) is 29.2 Å². The van der Waals surface area contributed by atoms with Crippen molar-refractivity contribution in [2.24, 2.45) is 0 Å². The molecule has 1 fully saturated rings. The van der Waals surface area contributed by atoms with E-state index in [0.717, 1.165) is 5.56 Å². The smallest absolute Gasteiger partial charge is 0.307 e. The fourth-order valence-corrected chi connectivity index (χ4v) is 3.14. The number of thiocarbonyl (C=S) groups is 1. The number of benzene rings is 1. The molecule has 2 rings (SSSR count). The Hall–Kier alpha value is -1.37. The summed E-state index contributed by atoms with van der Waals surface area (Å²) in [5.74, 6) is -0.561. The summed E-state index contributed by atoms with van der Waals surface area (Å²) >= 11 is 12.2. The van der Waals surface area contributed by atoms with Gasteiger partial charge in [0, 0.05) is 11.6 Å². The van der Waals surface area contributed by atoms with Crippen molar-refractivity contribution < 1.29 is 14.3 Å². The van der Waals surface area contributed by atoms with Gasteiger partial charge in [0.05, 0.1) is 18.4 Å². The monoisotopic (exact) mass is 341 g/mol. The number of carbonyl (C=O) groups is 2. The second-order valence-electron chi connectivity index (χ2n) is 4.21. The molecule has 1 aromatic rings. The highest BCUT2D eigenvalue weighted by atomic mass is 35.5. The first-order valence-electron chi connectivity index (χ1n) is 6.09. The van der Waals surface area contributed by atoms with Crippen LogP contribution in [0.3, 0.4) is 0 Å². The molecule has 0 atom stereocenters. The number of esters is 1. The zero-order valence-electron chi connectivity index (χ0n) is 11.2. The first-order valence-corrected chi connectivity index (χ1v) is 7.69. The Morgan fingerprint density at radius 3 is 2.71 bits per heavy atom. The van der Waals surface area contributed by atoms with E-state index in [2.05, 4.69) is 4.74 Å². The highest BCUT2D eigenvalue weighted by Crippen LogP contribution is 2.32. The van der Waals surface area contributed by atoms with E-state index >= 15 is 0 Å². The van der Waals surface area contributed by atoms with Crippen LogP contribution >= 0.6 is 35.6 Å². The average Bonchev–Trinajstić information content (AvgIpc) is 2.73. The Balaban J connectivity index is 2.10. The molecule has 4 nitrogen and oxygen atoms in total. The van der Waals surface area contributed by atoms with Crippen molar-refractivity contribution in [3.8, 4) is 0 Å². The van der Waals surface area contributed by atoms with Crippen molar-refractivity contribution in [3.63, 3.8) is 0 Å². The minimum atomic E-state index is -0.370. The predicted molar refractivity (Wildman–Crippen MR) is 88.0 cm³/mol. The first kappa shape index (κ1) is 16.0. The molecule has 1 aliphatic heterocycles. The van der Waals surface area contributed by atoms with Gasteiger partial charge in [0.2, 0.25) is 0 Å². The third-order valence-electron chi connectivity index (χ3n) is 2.81. The van der Waals surface area contributed by atoms with E-state index in [9.17, 15) is 9.59 Å². The molecule has 21 heavy (non-hydrogen) atoms. The highest BCUT2D eigenvalue weighted by molar-refractivity contribution is 8.26. The molecule has 0 aliphatic carbocycles. The van der Waals surface area contributed by atoms with E-state index in [1.165, 1.54) is 23.8 Å². The Bertz CT molecular complexity index is 613. The predicted octanol–water partition coefficient (Wildman–Crippen LogP) is 3.10. The lowest BCUT2D eigenvalue weighted by molar-refractivity contribution is -0.140. The molecule has 1 amide bonds. The van der Waals surface area contributed by atoms with Crippen molar-refractivity contribution in [1.82, 2.24) is 4.90 Å². The molecule has 7 heteroatoms. The van der Waals surface area contributed by atoms with E-state index in [1.807, 2.05) is 12.1 Å². The van der Waals surface area contributed by atoms with Gasteiger partial charge in [-0.25, -0.2) is 0 Å². The SMILES string of the molecule is COC(=O)CCN1C(=O)C(=Cc2ccc(Cl)cc2)SC1=S. The van der Waals surface area contributed by atoms with Crippen molar-refractivity contribution in [3.05, 3.63) is 39.8 Å². The van der Waals surface area contributed by atoms with E-state index in [4.69, 9.17) is 23.8 Å². The molecule has 0 saturated carbocycles. The average molecular weight is 342 g/mol. The summed E-state index contributed by atoms with van der Waals surface area (Å²) in [7, 11) is 1.31. The minimum absolute atomic E-state index is 0.122. The van der Waals surface area contributed by atoms with Gasteiger partial charge in [-0.1, -0.05) is 47.7 Å². The van der Waals surface area contributed by atoms with Crippen molar-refractivity contribution >= 4 is 57.9 Å². The molecule has 1 saturated heterocycles. The van der Waals surface area contributed by atoms with Gasteiger partial charge < -0.3 is 4.74 Å². The van der Waals surface area contributed by atoms with Crippen LogP contribution in [0.1, 0.15) is 12.0 Å². The summed E-state index contributed by atoms with van der Waals surface area (Å²) in [6, 6.07) is 7.16. The number of nitrogens with zero attached hydrogens (tertiary/aromatic N) is 1. The minimum Gasteiger partial charge on any atom is -0.469 e. The summed E-state index contributed by atoms with van der Waals surface area (Å²) in [5, 5.41) is 0.637. The maximum atomic E-state index is 12.3. The Labute approximate surface area is 137 Å². The van der Waals surface area contributed by atoms with Gasteiger partial charge in [0.15, 0.2) is 0 Å². The van der Waals surface area contributed by atoms with Crippen molar-refractivity contribution in [2.45, 2.75) is 6.42 Å². The number of amides is 1. The second kappa shape index (κ2) is 7.06. The molecule has 0 N–H and O–H groups in total. The molecular weight excluding hydrogens is 330 g/mol. The Morgan fingerprint density at radius 1 is 1.43 bits per heavy atom. The van der Waals surface area contributed by atoms with Crippen molar-refractivity contribution in [2.75, 3.05) is 13.7 Å². The molecule has 1 heterocycles. The van der Waals surface area contributed by atoms with Crippen LogP contribution in [0.25, 0.3) is 6.08 Å². The molecule has 0 radical (unpaired) electrons. The number of ether oxygens (including phenoxy) is 1. The number of methoxy groups -OCH3 is 1. The molecular formula is C14H12ClNO3S2. The van der Waals surface area contributed by atoms with Crippen LogP contribution in [0.5, 0.6) is 0 Å². The van der Waals surface area contributed by atoms with Crippen LogP contribution in [-0.4, -0.2) is 34.8 Å². The number of hydrogen-bond donors (Lipinski definition) is 0. The molecule has 0 unspecified atom stereocenters. The number of carbonyl (C=O) groups excluding carboxylic acids is 2. The third kappa shape index (κ3) is 4.06. The summed E-state index contributed by atoms with van der Waals surface area (Å²) in [5.41, 5.74) is 0.868. The number of hydrogen-bond acceptors (Lipinski definition) is 5. The van der Waals surface area contributed by atoms with Crippen molar-refractivity contribution in [1.29, 1.82) is 0 Å². The molecule has 0 spiro atoms. The first-order chi connectivity index (χ1) is 10.0. The number of thioether (sulfide) groups is 1. The molecule has 1 aromatic carbocycles. The topological polar surface area (TPSA) is 46.6 Å². The fourth-order valence-electron chi connectivity index (χ4n) is 1.71. The molecule has 110 valence electrons. The lowest BCUT2D eigenvalue weighted by Gasteiger charge is -2.12. The van der Waals surface area contributed by atoms with Crippen LogP contribution in [0.4, 0.5) is 0 Å². The number of halogens is 1. The van der Waals surface area contributed by atoms with Gasteiger partial charge in [-0.15, -0.1) is 0 Å². The summed E-state index contributed by atoms with van der Waals surface area (Å²) in [6.07, 6.45) is 1.88. The Kier molecular flexibility index (Phi) is 5.39. The maximum absolute atomic E-state index is 12.3. The van der Waals surface area contributed by atoms with Gasteiger partial charge in [0.1, 0.15) is 4.32 Å². The van der Waals surface area contributed by atoms with E-state index in [-0.39, 0.29) is 24.8 Å². The highest BCUT2D eigenvalue weighted by Gasteiger charge is 2.32. The van der Waals surface area contributed by atoms with E-state index in [1.54, 1.807) is 18.2 Å². The van der Waals surface area contributed by atoms with Gasteiger partial charge in [0.25, 0.3) is 5.91 Å². The van der Waals surface area contributed by atoms with Crippen LogP contribution in [0.2, 0.25) is 5.02 Å². The standard InChI is InChI=1S/C14H12ClNO3S2/c1-19-12(17)6-7-16-13(18)11(21-14(16)20)8-9-2-4-10(15)5-3-9/h2-5,8H,6-7H2,1H3. The van der Waals surface area contributed by atoms with E-state index < -0.39 is 0 Å². The zero-order valence-corrected chi connectivity index (χ0v) is 13.6. The van der Waals surface area contributed by atoms with Gasteiger partial charge in [-0.3, -0.25) is 14.5 Å².